The summed E-state index contributed by atoms with van der Waals surface area (Å²) in [7, 11) is 0. The number of hydrogen-bond acceptors (Lipinski definition) is 4. The standard InChI is InChI=1S/C15H9ClFN3O/c16-12-6-10(2-3-13(12)17)20-14(8-19)11-5-9(7-18)1-4-15(11)21/h1-6,14,20-21H. The molecule has 2 aromatic carbocycles. The number of benzene rings is 2. The van der Waals surface area contributed by atoms with Crippen LogP contribution in [0.25, 0.3) is 0 Å². The van der Waals surface area contributed by atoms with Crippen molar-refractivity contribution in [2.45, 2.75) is 6.04 Å². The van der Waals surface area contributed by atoms with Crippen LogP contribution in [0.2, 0.25) is 5.02 Å². The first-order chi connectivity index (χ1) is 10.0. The van der Waals surface area contributed by atoms with Crippen molar-refractivity contribution in [2.24, 2.45) is 0 Å². The molecule has 0 heterocycles. The molecule has 2 N–H and O–H groups in total. The maximum Gasteiger partial charge on any atom is 0.143 e. The van der Waals surface area contributed by atoms with Crippen molar-refractivity contribution in [2.75, 3.05) is 5.32 Å². The molecule has 0 aliphatic heterocycles. The summed E-state index contributed by atoms with van der Waals surface area (Å²) in [6, 6.07) is 11.2. The molecule has 6 heteroatoms. The number of aromatic hydroxyl groups is 1. The highest BCUT2D eigenvalue weighted by Crippen LogP contribution is 2.29. The summed E-state index contributed by atoms with van der Waals surface area (Å²) in [6.45, 7) is 0. The normalized spacial score (nSPS) is 11.2. The van der Waals surface area contributed by atoms with Crippen LogP contribution in [-0.4, -0.2) is 5.11 Å². The third-order valence-electron chi connectivity index (χ3n) is 2.83. The van der Waals surface area contributed by atoms with E-state index in [9.17, 15) is 14.8 Å². The van der Waals surface area contributed by atoms with E-state index in [1.807, 2.05) is 12.1 Å². The second-order valence-corrected chi connectivity index (χ2v) is 4.63. The van der Waals surface area contributed by atoms with Gasteiger partial charge in [0.2, 0.25) is 0 Å². The lowest BCUT2D eigenvalue weighted by Gasteiger charge is -2.15. The second-order valence-electron chi connectivity index (χ2n) is 4.22. The van der Waals surface area contributed by atoms with Crippen LogP contribution in [0.1, 0.15) is 17.2 Å². The summed E-state index contributed by atoms with van der Waals surface area (Å²) in [5, 5.41) is 30.7. The van der Waals surface area contributed by atoms with E-state index in [2.05, 4.69) is 5.32 Å². The summed E-state index contributed by atoms with van der Waals surface area (Å²) in [4.78, 5) is 0. The largest absolute Gasteiger partial charge is 0.508 e. The summed E-state index contributed by atoms with van der Waals surface area (Å²) < 4.78 is 13.1. The first-order valence-electron chi connectivity index (χ1n) is 5.89. The molecule has 21 heavy (non-hydrogen) atoms. The van der Waals surface area contributed by atoms with Crippen LogP contribution < -0.4 is 5.32 Å². The van der Waals surface area contributed by atoms with E-state index in [-0.39, 0.29) is 16.3 Å². The lowest BCUT2D eigenvalue weighted by molar-refractivity contribution is 0.467. The maximum absolute atomic E-state index is 13.1. The minimum absolute atomic E-state index is 0.0771. The minimum atomic E-state index is -0.903. The molecule has 0 saturated carbocycles. The van der Waals surface area contributed by atoms with E-state index in [1.54, 1.807) is 0 Å². The molecule has 0 aliphatic carbocycles. The Morgan fingerprint density at radius 2 is 1.95 bits per heavy atom. The van der Waals surface area contributed by atoms with Crippen LogP contribution in [0.15, 0.2) is 36.4 Å². The molecule has 0 radical (unpaired) electrons. The summed E-state index contributed by atoms with van der Waals surface area (Å²) >= 11 is 5.68. The van der Waals surface area contributed by atoms with Crippen molar-refractivity contribution in [1.82, 2.24) is 0 Å². The van der Waals surface area contributed by atoms with Crippen LogP contribution in [0.4, 0.5) is 10.1 Å². The van der Waals surface area contributed by atoms with Gasteiger partial charge in [-0.25, -0.2) is 4.39 Å². The Hall–Kier alpha value is -2.76. The number of nitrogens with zero attached hydrogens (tertiary/aromatic N) is 2. The Morgan fingerprint density at radius 1 is 1.19 bits per heavy atom. The number of phenolic OH excluding ortho intramolecular Hbond substituents is 1. The van der Waals surface area contributed by atoms with Crippen LogP contribution in [0.5, 0.6) is 5.75 Å². The van der Waals surface area contributed by atoms with Gasteiger partial charge in [-0.2, -0.15) is 10.5 Å². The predicted octanol–water partition coefficient (Wildman–Crippen LogP) is 3.73. The van der Waals surface area contributed by atoms with Gasteiger partial charge in [-0.3, -0.25) is 0 Å². The molecule has 2 aromatic rings. The molecule has 0 fully saturated rings. The third kappa shape index (κ3) is 3.22. The van der Waals surface area contributed by atoms with Crippen molar-refractivity contribution in [1.29, 1.82) is 10.5 Å². The van der Waals surface area contributed by atoms with E-state index in [0.29, 0.717) is 11.3 Å². The number of phenols is 1. The van der Waals surface area contributed by atoms with Gasteiger partial charge in [0, 0.05) is 11.3 Å². The molecule has 0 aromatic heterocycles. The number of halogens is 2. The second kappa shape index (κ2) is 6.13. The predicted molar refractivity (Wildman–Crippen MR) is 76.2 cm³/mol. The van der Waals surface area contributed by atoms with Crippen LogP contribution >= 0.6 is 11.6 Å². The van der Waals surface area contributed by atoms with Gasteiger partial charge in [0.1, 0.15) is 17.6 Å². The zero-order chi connectivity index (χ0) is 15.4. The van der Waals surface area contributed by atoms with Crippen LogP contribution in [-0.2, 0) is 0 Å². The van der Waals surface area contributed by atoms with Gasteiger partial charge in [0.15, 0.2) is 0 Å². The molecule has 0 bridgehead atoms. The number of rotatable bonds is 3. The Balaban J connectivity index is 2.35. The fourth-order valence-electron chi connectivity index (χ4n) is 1.79. The third-order valence-corrected chi connectivity index (χ3v) is 3.12. The summed E-state index contributed by atoms with van der Waals surface area (Å²) in [5.41, 5.74) is 1.01. The number of nitrogens with one attached hydrogen (secondary N) is 1. The van der Waals surface area contributed by atoms with Crippen LogP contribution in [0, 0.1) is 28.5 Å². The summed E-state index contributed by atoms with van der Waals surface area (Å²) in [5.74, 6) is -0.675. The molecule has 1 atom stereocenters. The monoisotopic (exact) mass is 301 g/mol. The number of anilines is 1. The zero-order valence-electron chi connectivity index (χ0n) is 10.6. The highest BCUT2D eigenvalue weighted by molar-refractivity contribution is 6.31. The van der Waals surface area contributed by atoms with Gasteiger partial charge in [0.05, 0.1) is 22.7 Å². The average Bonchev–Trinajstić information content (AvgIpc) is 2.49. The van der Waals surface area contributed by atoms with Crippen molar-refractivity contribution in [3.8, 4) is 17.9 Å². The van der Waals surface area contributed by atoms with Gasteiger partial charge in [0.25, 0.3) is 0 Å². The Bertz CT molecular complexity index is 764. The first-order valence-corrected chi connectivity index (χ1v) is 6.27. The Morgan fingerprint density at radius 3 is 2.57 bits per heavy atom. The highest BCUT2D eigenvalue weighted by Gasteiger charge is 2.16. The lowest BCUT2D eigenvalue weighted by atomic mass is 10.0. The molecule has 4 nitrogen and oxygen atoms in total. The minimum Gasteiger partial charge on any atom is -0.508 e. The Labute approximate surface area is 125 Å². The lowest BCUT2D eigenvalue weighted by Crippen LogP contribution is -2.09. The Kier molecular flexibility index (Phi) is 4.27. The maximum atomic E-state index is 13.1. The van der Waals surface area contributed by atoms with Crippen molar-refractivity contribution in [3.63, 3.8) is 0 Å². The molecule has 1 unspecified atom stereocenters. The number of nitriles is 2. The SMILES string of the molecule is N#Cc1ccc(O)c(C(C#N)Nc2ccc(F)c(Cl)c2)c1. The van der Waals surface area contributed by atoms with Crippen molar-refractivity contribution >= 4 is 17.3 Å². The van der Waals surface area contributed by atoms with Gasteiger partial charge < -0.3 is 10.4 Å². The van der Waals surface area contributed by atoms with E-state index in [0.717, 1.165) is 0 Å². The first kappa shape index (κ1) is 14.6. The average molecular weight is 302 g/mol. The van der Waals surface area contributed by atoms with E-state index in [1.165, 1.54) is 36.4 Å². The smallest absolute Gasteiger partial charge is 0.143 e. The summed E-state index contributed by atoms with van der Waals surface area (Å²) in [6.07, 6.45) is 0. The molecule has 0 amide bonds. The molecule has 0 aliphatic rings. The number of hydrogen-bond donors (Lipinski definition) is 2. The van der Waals surface area contributed by atoms with Crippen LogP contribution in [0.3, 0.4) is 0 Å². The quantitative estimate of drug-likeness (QED) is 0.905. The van der Waals surface area contributed by atoms with Gasteiger partial charge >= 0.3 is 0 Å². The fourth-order valence-corrected chi connectivity index (χ4v) is 1.97. The van der Waals surface area contributed by atoms with Gasteiger partial charge in [-0.05, 0) is 36.4 Å². The molecule has 0 saturated heterocycles. The van der Waals surface area contributed by atoms with Crippen molar-refractivity contribution in [3.05, 3.63) is 58.4 Å². The molecular formula is C15H9ClFN3O. The molecule has 2 rings (SSSR count). The zero-order valence-corrected chi connectivity index (χ0v) is 11.4. The van der Waals surface area contributed by atoms with E-state index >= 15 is 0 Å². The molecule has 104 valence electrons. The van der Waals surface area contributed by atoms with E-state index in [4.69, 9.17) is 16.9 Å². The van der Waals surface area contributed by atoms with Gasteiger partial charge in [-0.1, -0.05) is 11.6 Å². The highest BCUT2D eigenvalue weighted by atomic mass is 35.5. The van der Waals surface area contributed by atoms with E-state index < -0.39 is 11.9 Å². The molecule has 0 spiro atoms. The van der Waals surface area contributed by atoms with Gasteiger partial charge in [-0.15, -0.1) is 0 Å². The topological polar surface area (TPSA) is 79.8 Å². The van der Waals surface area contributed by atoms with Crippen molar-refractivity contribution < 1.29 is 9.50 Å². The molecular weight excluding hydrogens is 293 g/mol. The fraction of sp³-hybridized carbons (Fsp3) is 0.0667.